The van der Waals surface area contributed by atoms with Crippen LogP contribution in [0, 0.1) is 0 Å². The quantitative estimate of drug-likeness (QED) is 0.905. The van der Waals surface area contributed by atoms with Gasteiger partial charge in [-0.15, -0.1) is 12.4 Å². The number of halogens is 1. The van der Waals surface area contributed by atoms with Gasteiger partial charge in [0.25, 0.3) is 0 Å². The maximum atomic E-state index is 5.31. The number of methoxy groups -OCH3 is 1. The van der Waals surface area contributed by atoms with Gasteiger partial charge in [0.05, 0.1) is 7.11 Å². The van der Waals surface area contributed by atoms with Crippen molar-refractivity contribution in [1.29, 1.82) is 0 Å². The van der Waals surface area contributed by atoms with Crippen LogP contribution in [0.4, 0.5) is 0 Å². The largest absolute Gasteiger partial charge is 0.497 e. The van der Waals surface area contributed by atoms with Gasteiger partial charge in [-0.05, 0) is 62.7 Å². The molecular formula is C16H27ClN2O. The van der Waals surface area contributed by atoms with Crippen molar-refractivity contribution in [3.8, 4) is 5.75 Å². The molecule has 0 radical (unpaired) electrons. The van der Waals surface area contributed by atoms with Crippen molar-refractivity contribution in [3.63, 3.8) is 0 Å². The Balaban J connectivity index is 0.00000200. The summed E-state index contributed by atoms with van der Waals surface area (Å²) in [6.07, 6.45) is 3.58. The van der Waals surface area contributed by atoms with E-state index in [9.17, 15) is 0 Å². The lowest BCUT2D eigenvalue weighted by Gasteiger charge is -2.32. The molecule has 1 fully saturated rings. The van der Waals surface area contributed by atoms with Gasteiger partial charge < -0.3 is 10.1 Å². The van der Waals surface area contributed by atoms with Crippen LogP contribution >= 0.6 is 12.4 Å². The first-order valence-electron chi connectivity index (χ1n) is 7.31. The van der Waals surface area contributed by atoms with E-state index in [2.05, 4.69) is 42.4 Å². The first kappa shape index (κ1) is 17.3. The Bertz CT molecular complexity index is 405. The molecule has 0 aromatic heterocycles. The molecule has 1 heterocycles. The monoisotopic (exact) mass is 298 g/mol. The summed E-state index contributed by atoms with van der Waals surface area (Å²) in [7, 11) is 3.98. The zero-order valence-corrected chi connectivity index (χ0v) is 13.6. The Kier molecular flexibility index (Phi) is 7.35. The molecule has 1 N–H and O–H groups in total. The van der Waals surface area contributed by atoms with Gasteiger partial charge in [0.2, 0.25) is 0 Å². The molecule has 4 heteroatoms. The van der Waals surface area contributed by atoms with E-state index < -0.39 is 0 Å². The highest BCUT2D eigenvalue weighted by molar-refractivity contribution is 5.85. The standard InChI is InChI=1S/C16H26N2O.ClH/c1-4-13-11-16(19-3)6-5-14(13)12-18(2)15-7-9-17-10-8-15;/h5-6,11,15,17H,4,7-10,12H2,1-3H3;1H. The maximum Gasteiger partial charge on any atom is 0.119 e. The number of nitrogens with one attached hydrogen (secondary N) is 1. The topological polar surface area (TPSA) is 24.5 Å². The summed E-state index contributed by atoms with van der Waals surface area (Å²) in [4.78, 5) is 2.50. The van der Waals surface area contributed by atoms with Crippen LogP contribution in [-0.2, 0) is 13.0 Å². The molecule has 0 bridgehead atoms. The summed E-state index contributed by atoms with van der Waals surface area (Å²) in [5.41, 5.74) is 2.84. The van der Waals surface area contributed by atoms with E-state index in [4.69, 9.17) is 4.74 Å². The average Bonchev–Trinajstić information content (AvgIpc) is 2.48. The van der Waals surface area contributed by atoms with E-state index in [0.717, 1.165) is 31.8 Å². The van der Waals surface area contributed by atoms with Gasteiger partial charge in [0.15, 0.2) is 0 Å². The highest BCUT2D eigenvalue weighted by Crippen LogP contribution is 2.21. The number of nitrogens with zero attached hydrogens (tertiary/aromatic N) is 1. The number of piperidine rings is 1. The van der Waals surface area contributed by atoms with Crippen molar-refractivity contribution in [3.05, 3.63) is 29.3 Å². The minimum Gasteiger partial charge on any atom is -0.497 e. The van der Waals surface area contributed by atoms with Gasteiger partial charge in [0, 0.05) is 12.6 Å². The fraction of sp³-hybridized carbons (Fsp3) is 0.625. The van der Waals surface area contributed by atoms with Crippen LogP contribution in [0.1, 0.15) is 30.9 Å². The predicted molar refractivity (Wildman–Crippen MR) is 87.0 cm³/mol. The first-order valence-corrected chi connectivity index (χ1v) is 7.31. The van der Waals surface area contributed by atoms with Crippen LogP contribution in [0.15, 0.2) is 18.2 Å². The lowest BCUT2D eigenvalue weighted by molar-refractivity contribution is 0.191. The predicted octanol–water partition coefficient (Wildman–Crippen LogP) is 2.86. The maximum absolute atomic E-state index is 5.31. The van der Waals surface area contributed by atoms with Gasteiger partial charge in [-0.3, -0.25) is 4.90 Å². The molecule has 1 aromatic carbocycles. The van der Waals surface area contributed by atoms with Crippen LogP contribution < -0.4 is 10.1 Å². The molecular weight excluding hydrogens is 272 g/mol. The van der Waals surface area contributed by atoms with Gasteiger partial charge >= 0.3 is 0 Å². The highest BCUT2D eigenvalue weighted by atomic mass is 35.5. The number of hydrogen-bond acceptors (Lipinski definition) is 3. The fourth-order valence-corrected chi connectivity index (χ4v) is 2.86. The number of aryl methyl sites for hydroxylation is 1. The third-order valence-electron chi connectivity index (χ3n) is 4.15. The van der Waals surface area contributed by atoms with E-state index in [1.54, 1.807) is 7.11 Å². The molecule has 1 saturated heterocycles. The molecule has 0 atom stereocenters. The van der Waals surface area contributed by atoms with Crippen molar-refractivity contribution in [2.45, 2.75) is 38.8 Å². The van der Waals surface area contributed by atoms with Gasteiger partial charge in [-0.2, -0.15) is 0 Å². The zero-order valence-electron chi connectivity index (χ0n) is 12.8. The second kappa shape index (κ2) is 8.50. The Labute approximate surface area is 129 Å². The Morgan fingerprint density at radius 2 is 1.95 bits per heavy atom. The van der Waals surface area contributed by atoms with Crippen LogP contribution in [-0.4, -0.2) is 38.2 Å². The van der Waals surface area contributed by atoms with Crippen molar-refractivity contribution in [2.75, 3.05) is 27.2 Å². The third-order valence-corrected chi connectivity index (χ3v) is 4.15. The smallest absolute Gasteiger partial charge is 0.119 e. The summed E-state index contributed by atoms with van der Waals surface area (Å²) < 4.78 is 5.31. The fourth-order valence-electron chi connectivity index (χ4n) is 2.86. The minimum absolute atomic E-state index is 0. The summed E-state index contributed by atoms with van der Waals surface area (Å²) in [5.74, 6) is 0.963. The summed E-state index contributed by atoms with van der Waals surface area (Å²) in [6.45, 7) is 5.55. The molecule has 0 spiro atoms. The lowest BCUT2D eigenvalue weighted by Crippen LogP contribution is -2.40. The van der Waals surface area contributed by atoms with Crippen molar-refractivity contribution < 1.29 is 4.74 Å². The molecule has 1 aliphatic heterocycles. The van der Waals surface area contributed by atoms with Crippen molar-refractivity contribution in [1.82, 2.24) is 10.2 Å². The molecule has 1 aliphatic rings. The van der Waals surface area contributed by atoms with Crippen LogP contribution in [0.25, 0.3) is 0 Å². The second-order valence-electron chi connectivity index (χ2n) is 5.38. The highest BCUT2D eigenvalue weighted by Gasteiger charge is 2.18. The summed E-state index contributed by atoms with van der Waals surface area (Å²) in [6, 6.07) is 7.18. The van der Waals surface area contributed by atoms with E-state index in [-0.39, 0.29) is 12.4 Å². The molecule has 2 rings (SSSR count). The molecule has 0 aliphatic carbocycles. The lowest BCUT2D eigenvalue weighted by atomic mass is 10.0. The Morgan fingerprint density at radius 3 is 2.55 bits per heavy atom. The SMILES string of the molecule is CCc1cc(OC)ccc1CN(C)C1CCNCC1.Cl. The molecule has 0 unspecified atom stereocenters. The summed E-state index contributed by atoms with van der Waals surface area (Å²) >= 11 is 0. The summed E-state index contributed by atoms with van der Waals surface area (Å²) in [5, 5.41) is 3.43. The molecule has 20 heavy (non-hydrogen) atoms. The van der Waals surface area contributed by atoms with Crippen molar-refractivity contribution >= 4 is 12.4 Å². The third kappa shape index (κ3) is 4.37. The van der Waals surface area contributed by atoms with Crippen LogP contribution in [0.3, 0.4) is 0 Å². The number of hydrogen-bond donors (Lipinski definition) is 1. The zero-order chi connectivity index (χ0) is 13.7. The van der Waals surface area contributed by atoms with Gasteiger partial charge in [0.1, 0.15) is 5.75 Å². The van der Waals surface area contributed by atoms with E-state index in [1.165, 1.54) is 24.0 Å². The van der Waals surface area contributed by atoms with E-state index >= 15 is 0 Å². The van der Waals surface area contributed by atoms with E-state index in [0.29, 0.717) is 6.04 Å². The van der Waals surface area contributed by atoms with Crippen LogP contribution in [0.2, 0.25) is 0 Å². The molecule has 114 valence electrons. The Morgan fingerprint density at radius 1 is 1.25 bits per heavy atom. The molecule has 1 aromatic rings. The molecule has 0 saturated carbocycles. The van der Waals surface area contributed by atoms with Crippen LogP contribution in [0.5, 0.6) is 5.75 Å². The normalized spacial score (nSPS) is 16.0. The number of ether oxygens (including phenoxy) is 1. The second-order valence-corrected chi connectivity index (χ2v) is 5.38. The van der Waals surface area contributed by atoms with Gasteiger partial charge in [-0.1, -0.05) is 13.0 Å². The molecule has 0 amide bonds. The number of benzene rings is 1. The molecule has 3 nitrogen and oxygen atoms in total. The number of rotatable bonds is 5. The average molecular weight is 299 g/mol. The van der Waals surface area contributed by atoms with Gasteiger partial charge in [-0.25, -0.2) is 0 Å². The van der Waals surface area contributed by atoms with E-state index in [1.807, 2.05) is 0 Å². The Hall–Kier alpha value is -0.770. The first-order chi connectivity index (χ1) is 9.24. The minimum atomic E-state index is 0. The van der Waals surface area contributed by atoms with Crippen molar-refractivity contribution in [2.24, 2.45) is 0 Å².